The fourth-order valence-corrected chi connectivity index (χ4v) is 4.37. The van der Waals surface area contributed by atoms with Crippen LogP contribution >= 0.6 is 0 Å². The Morgan fingerprint density at radius 3 is 2.11 bits per heavy atom. The molecule has 0 radical (unpaired) electrons. The summed E-state index contributed by atoms with van der Waals surface area (Å²) in [5, 5.41) is 2.20. The first-order valence-corrected chi connectivity index (χ1v) is 11.5. The van der Waals surface area contributed by atoms with Crippen LogP contribution in [-0.4, -0.2) is 35.5 Å². The van der Waals surface area contributed by atoms with Gasteiger partial charge in [-0.25, -0.2) is 14.1 Å². The third-order valence-electron chi connectivity index (χ3n) is 6.19. The van der Waals surface area contributed by atoms with Crippen molar-refractivity contribution in [2.24, 2.45) is 0 Å². The van der Waals surface area contributed by atoms with E-state index in [9.17, 15) is 18.8 Å². The maximum absolute atomic E-state index is 13.3. The second-order valence-electron chi connectivity index (χ2n) is 8.28. The number of aryl methyl sites for hydroxylation is 1. The highest BCUT2D eigenvalue weighted by Crippen LogP contribution is 2.27. The SMILES string of the molecule is CCN(CC)c1ccc(-n2c(C)cc(/C=C3\C(=O)NC(=O)N(c4ccc(F)cc4)C3=O)c2C)cc1. The van der Waals surface area contributed by atoms with Gasteiger partial charge in [-0.05, 0) is 93.9 Å². The quantitative estimate of drug-likeness (QED) is 0.414. The van der Waals surface area contributed by atoms with Gasteiger partial charge < -0.3 is 9.47 Å². The maximum atomic E-state index is 13.3. The molecule has 2 aromatic carbocycles. The molecule has 7 nitrogen and oxygen atoms in total. The molecule has 0 spiro atoms. The van der Waals surface area contributed by atoms with E-state index in [1.165, 1.54) is 18.2 Å². The van der Waals surface area contributed by atoms with E-state index >= 15 is 0 Å². The fraction of sp³-hybridized carbons (Fsp3) is 0.222. The third kappa shape index (κ3) is 4.47. The van der Waals surface area contributed by atoms with E-state index in [-0.39, 0.29) is 11.3 Å². The molecule has 4 rings (SSSR count). The number of benzene rings is 2. The van der Waals surface area contributed by atoms with E-state index in [4.69, 9.17) is 0 Å². The van der Waals surface area contributed by atoms with Crippen molar-refractivity contribution in [3.05, 3.63) is 82.9 Å². The van der Waals surface area contributed by atoms with Crippen LogP contribution in [-0.2, 0) is 9.59 Å². The lowest BCUT2D eigenvalue weighted by atomic mass is 10.1. The van der Waals surface area contributed by atoms with E-state index in [0.717, 1.165) is 52.9 Å². The first-order valence-electron chi connectivity index (χ1n) is 11.5. The Morgan fingerprint density at radius 1 is 0.914 bits per heavy atom. The molecule has 1 fully saturated rings. The number of carbonyl (C=O) groups is 3. The number of nitrogens with zero attached hydrogens (tertiary/aromatic N) is 3. The summed E-state index contributed by atoms with van der Waals surface area (Å²) in [5.74, 6) is -2.03. The number of halogens is 1. The van der Waals surface area contributed by atoms with Gasteiger partial charge in [-0.2, -0.15) is 0 Å². The topological polar surface area (TPSA) is 74.7 Å². The molecule has 1 aromatic heterocycles. The van der Waals surface area contributed by atoms with Crippen molar-refractivity contribution in [2.45, 2.75) is 27.7 Å². The average Bonchev–Trinajstić information content (AvgIpc) is 3.11. The molecule has 4 amide bonds. The third-order valence-corrected chi connectivity index (χ3v) is 6.19. The molecular formula is C27H27FN4O3. The van der Waals surface area contributed by atoms with Gasteiger partial charge in [0.1, 0.15) is 11.4 Å². The first-order chi connectivity index (χ1) is 16.7. The summed E-state index contributed by atoms with van der Waals surface area (Å²) in [4.78, 5) is 41.2. The summed E-state index contributed by atoms with van der Waals surface area (Å²) >= 11 is 0. The molecule has 1 aliphatic rings. The van der Waals surface area contributed by atoms with Crippen molar-refractivity contribution >= 4 is 35.3 Å². The van der Waals surface area contributed by atoms with Gasteiger partial charge in [0, 0.05) is 35.9 Å². The Balaban J connectivity index is 1.70. The fourth-order valence-electron chi connectivity index (χ4n) is 4.37. The van der Waals surface area contributed by atoms with Crippen molar-refractivity contribution in [1.82, 2.24) is 9.88 Å². The lowest BCUT2D eigenvalue weighted by Crippen LogP contribution is -2.54. The summed E-state index contributed by atoms with van der Waals surface area (Å²) in [6.07, 6.45) is 1.49. The Bertz CT molecular complexity index is 1320. The minimum atomic E-state index is -0.873. The second kappa shape index (κ2) is 9.58. The monoisotopic (exact) mass is 474 g/mol. The lowest BCUT2D eigenvalue weighted by molar-refractivity contribution is -0.122. The van der Waals surface area contributed by atoms with Gasteiger partial charge in [0.2, 0.25) is 0 Å². The molecule has 0 saturated carbocycles. The molecule has 35 heavy (non-hydrogen) atoms. The number of imide groups is 2. The average molecular weight is 475 g/mol. The zero-order chi connectivity index (χ0) is 25.3. The van der Waals surface area contributed by atoms with E-state index < -0.39 is 23.7 Å². The second-order valence-corrected chi connectivity index (χ2v) is 8.28. The van der Waals surface area contributed by atoms with E-state index in [2.05, 4.69) is 36.2 Å². The highest BCUT2D eigenvalue weighted by molar-refractivity contribution is 6.39. The summed E-state index contributed by atoms with van der Waals surface area (Å²) in [7, 11) is 0. The molecule has 1 N–H and O–H groups in total. The molecule has 8 heteroatoms. The Labute approximate surface area is 203 Å². The minimum absolute atomic E-state index is 0.172. The number of hydrogen-bond acceptors (Lipinski definition) is 4. The molecule has 1 saturated heterocycles. The van der Waals surface area contributed by atoms with Crippen LogP contribution in [0.5, 0.6) is 0 Å². The summed E-state index contributed by atoms with van der Waals surface area (Å²) in [6, 6.07) is 14.2. The van der Waals surface area contributed by atoms with Gasteiger partial charge in [0.25, 0.3) is 11.8 Å². The molecule has 180 valence electrons. The number of amides is 4. The zero-order valence-corrected chi connectivity index (χ0v) is 20.1. The summed E-state index contributed by atoms with van der Waals surface area (Å²) < 4.78 is 15.4. The van der Waals surface area contributed by atoms with Crippen molar-refractivity contribution < 1.29 is 18.8 Å². The van der Waals surface area contributed by atoms with Gasteiger partial charge in [0.05, 0.1) is 5.69 Å². The van der Waals surface area contributed by atoms with Crippen LogP contribution in [0.1, 0.15) is 30.8 Å². The molecule has 0 aliphatic carbocycles. The lowest BCUT2D eigenvalue weighted by Gasteiger charge is -2.26. The predicted octanol–water partition coefficient (Wildman–Crippen LogP) is 4.75. The smallest absolute Gasteiger partial charge is 0.335 e. The van der Waals surface area contributed by atoms with Gasteiger partial charge in [-0.15, -0.1) is 0 Å². The number of nitrogens with one attached hydrogen (secondary N) is 1. The maximum Gasteiger partial charge on any atom is 0.335 e. The molecule has 1 aliphatic heterocycles. The van der Waals surface area contributed by atoms with Crippen LogP contribution < -0.4 is 15.1 Å². The van der Waals surface area contributed by atoms with Crippen LogP contribution in [0.3, 0.4) is 0 Å². The molecular weight excluding hydrogens is 447 g/mol. The van der Waals surface area contributed by atoms with Gasteiger partial charge >= 0.3 is 6.03 Å². The molecule has 2 heterocycles. The van der Waals surface area contributed by atoms with Crippen LogP contribution in [0.25, 0.3) is 11.8 Å². The number of aromatic nitrogens is 1. The van der Waals surface area contributed by atoms with E-state index in [0.29, 0.717) is 5.56 Å². The first kappa shape index (κ1) is 23.9. The van der Waals surface area contributed by atoms with Crippen molar-refractivity contribution in [2.75, 3.05) is 22.9 Å². The standard InChI is InChI=1S/C27H27FN4O3/c1-5-30(6-2)21-11-13-22(14-12-21)31-17(3)15-19(18(31)4)16-24-25(33)29-27(35)32(26(24)34)23-9-7-20(28)8-10-23/h7-16H,5-6H2,1-4H3,(H,29,33,35)/b24-16+. The van der Waals surface area contributed by atoms with Crippen molar-refractivity contribution in [1.29, 1.82) is 0 Å². The largest absolute Gasteiger partial charge is 0.372 e. The molecule has 0 bridgehead atoms. The number of anilines is 2. The predicted molar refractivity (Wildman–Crippen MR) is 134 cm³/mol. The Kier molecular flexibility index (Phi) is 6.55. The minimum Gasteiger partial charge on any atom is -0.372 e. The van der Waals surface area contributed by atoms with E-state index in [1.54, 1.807) is 0 Å². The summed E-state index contributed by atoms with van der Waals surface area (Å²) in [6.45, 7) is 9.93. The number of rotatable bonds is 6. The highest BCUT2D eigenvalue weighted by atomic mass is 19.1. The Hall–Kier alpha value is -4.20. The van der Waals surface area contributed by atoms with E-state index in [1.807, 2.05) is 36.6 Å². The van der Waals surface area contributed by atoms with Crippen LogP contribution in [0.15, 0.2) is 60.2 Å². The van der Waals surface area contributed by atoms with Crippen molar-refractivity contribution in [3.8, 4) is 5.69 Å². The molecule has 3 aromatic rings. The Morgan fingerprint density at radius 2 is 1.51 bits per heavy atom. The molecule has 0 atom stereocenters. The van der Waals surface area contributed by atoms with Gasteiger partial charge in [-0.1, -0.05) is 0 Å². The highest BCUT2D eigenvalue weighted by Gasteiger charge is 2.37. The zero-order valence-electron chi connectivity index (χ0n) is 20.1. The van der Waals surface area contributed by atoms with Crippen LogP contribution in [0.4, 0.5) is 20.6 Å². The number of barbiturate groups is 1. The summed E-state index contributed by atoms with van der Waals surface area (Å²) in [5.41, 5.74) is 4.55. The van der Waals surface area contributed by atoms with Gasteiger partial charge in [0.15, 0.2) is 0 Å². The normalized spacial score (nSPS) is 15.1. The van der Waals surface area contributed by atoms with Crippen molar-refractivity contribution in [3.63, 3.8) is 0 Å². The van der Waals surface area contributed by atoms with Crippen LogP contribution in [0.2, 0.25) is 0 Å². The number of carbonyl (C=O) groups excluding carboxylic acids is 3. The van der Waals surface area contributed by atoms with Gasteiger partial charge in [-0.3, -0.25) is 14.9 Å². The molecule has 0 unspecified atom stereocenters. The number of urea groups is 1. The number of hydrogen-bond donors (Lipinski definition) is 1. The van der Waals surface area contributed by atoms with Crippen LogP contribution in [0, 0.1) is 19.7 Å².